The molecule has 3 nitrogen and oxygen atoms in total. The molecule has 4 heteroatoms. The molecule has 0 saturated heterocycles. The summed E-state index contributed by atoms with van der Waals surface area (Å²) in [6.07, 6.45) is 8.51. The molecule has 0 atom stereocenters. The van der Waals surface area contributed by atoms with E-state index in [9.17, 15) is 4.79 Å². The average molecular weight is 337 g/mol. The van der Waals surface area contributed by atoms with Crippen molar-refractivity contribution in [2.24, 2.45) is 0 Å². The number of carbonyl (C=O) groups excluding carboxylic acids is 1. The zero-order chi connectivity index (χ0) is 16.5. The fraction of sp³-hybridized carbons (Fsp3) is 0.250. The van der Waals surface area contributed by atoms with Crippen LogP contribution in [-0.2, 0) is 17.6 Å². The van der Waals surface area contributed by atoms with Crippen molar-refractivity contribution in [1.29, 1.82) is 0 Å². The van der Waals surface area contributed by atoms with Gasteiger partial charge in [-0.1, -0.05) is 17.7 Å². The monoisotopic (exact) mass is 336 g/mol. The lowest BCUT2D eigenvalue weighted by Gasteiger charge is -2.12. The van der Waals surface area contributed by atoms with E-state index in [4.69, 9.17) is 11.6 Å². The second-order valence-electron chi connectivity index (χ2n) is 6.39. The van der Waals surface area contributed by atoms with Crippen LogP contribution >= 0.6 is 11.6 Å². The highest BCUT2D eigenvalue weighted by Crippen LogP contribution is 2.45. The van der Waals surface area contributed by atoms with Gasteiger partial charge >= 0.3 is 0 Å². The van der Waals surface area contributed by atoms with E-state index in [1.165, 1.54) is 18.4 Å². The highest BCUT2D eigenvalue weighted by Gasteiger charge is 2.29. The second-order valence-corrected chi connectivity index (χ2v) is 6.82. The molecule has 2 heterocycles. The Hall–Kier alpha value is -2.26. The van der Waals surface area contributed by atoms with Crippen molar-refractivity contribution in [3.8, 4) is 0 Å². The minimum absolute atomic E-state index is 0.188. The number of carbonyl (C=O) groups is 1. The summed E-state index contributed by atoms with van der Waals surface area (Å²) in [6.45, 7) is 0. The zero-order valence-corrected chi connectivity index (χ0v) is 14.0. The van der Waals surface area contributed by atoms with Gasteiger partial charge in [-0.2, -0.15) is 0 Å². The van der Waals surface area contributed by atoms with E-state index in [1.54, 1.807) is 12.4 Å². The van der Waals surface area contributed by atoms with Crippen molar-refractivity contribution >= 4 is 28.3 Å². The SMILES string of the molecule is O=C(Cc1cccnc1)Cc1cnc2ccc(Cl)cc2c1C1CC1. The van der Waals surface area contributed by atoms with Crippen LogP contribution in [0.5, 0.6) is 0 Å². The number of rotatable bonds is 5. The maximum Gasteiger partial charge on any atom is 0.141 e. The molecule has 1 aliphatic rings. The van der Waals surface area contributed by atoms with Gasteiger partial charge in [-0.05, 0) is 59.7 Å². The molecule has 3 aromatic rings. The highest BCUT2D eigenvalue weighted by atomic mass is 35.5. The molecule has 2 aromatic heterocycles. The van der Waals surface area contributed by atoms with Gasteiger partial charge in [0.05, 0.1) is 5.52 Å². The number of benzene rings is 1. The Kier molecular flexibility index (Phi) is 4.03. The fourth-order valence-electron chi connectivity index (χ4n) is 3.23. The van der Waals surface area contributed by atoms with E-state index in [0.717, 1.165) is 22.0 Å². The van der Waals surface area contributed by atoms with Crippen molar-refractivity contribution in [1.82, 2.24) is 9.97 Å². The van der Waals surface area contributed by atoms with Gasteiger partial charge in [0.25, 0.3) is 0 Å². The Morgan fingerprint density at radius 3 is 2.79 bits per heavy atom. The molecule has 0 aliphatic heterocycles. The van der Waals surface area contributed by atoms with Gasteiger partial charge in [0.15, 0.2) is 0 Å². The molecule has 0 radical (unpaired) electrons. The minimum atomic E-state index is 0.188. The Bertz CT molecular complexity index is 904. The number of pyridine rings is 2. The Labute approximate surface area is 145 Å². The van der Waals surface area contributed by atoms with E-state index in [0.29, 0.717) is 23.8 Å². The van der Waals surface area contributed by atoms with Crippen LogP contribution in [0.1, 0.15) is 35.4 Å². The summed E-state index contributed by atoms with van der Waals surface area (Å²) in [7, 11) is 0. The summed E-state index contributed by atoms with van der Waals surface area (Å²) in [5.41, 5.74) is 4.21. The van der Waals surface area contributed by atoms with Crippen LogP contribution < -0.4 is 0 Å². The number of hydrogen-bond donors (Lipinski definition) is 0. The summed E-state index contributed by atoms with van der Waals surface area (Å²) >= 11 is 6.18. The molecular weight excluding hydrogens is 320 g/mol. The Morgan fingerprint density at radius 1 is 1.17 bits per heavy atom. The second kappa shape index (κ2) is 6.33. The van der Waals surface area contributed by atoms with Crippen LogP contribution in [0.25, 0.3) is 10.9 Å². The third-order valence-corrected chi connectivity index (χ3v) is 4.69. The van der Waals surface area contributed by atoms with Gasteiger partial charge in [-0.25, -0.2) is 0 Å². The number of hydrogen-bond acceptors (Lipinski definition) is 3. The van der Waals surface area contributed by atoms with Gasteiger partial charge in [-0.3, -0.25) is 14.8 Å². The van der Waals surface area contributed by atoms with E-state index in [-0.39, 0.29) is 5.78 Å². The third kappa shape index (κ3) is 3.17. The molecule has 1 saturated carbocycles. The first-order valence-corrected chi connectivity index (χ1v) is 8.56. The average Bonchev–Trinajstić information content (AvgIpc) is 3.40. The molecule has 0 unspecified atom stereocenters. The molecule has 4 rings (SSSR count). The summed E-state index contributed by atoms with van der Waals surface area (Å²) in [6, 6.07) is 9.58. The Morgan fingerprint density at radius 2 is 2.04 bits per heavy atom. The van der Waals surface area contributed by atoms with Crippen LogP contribution in [0.3, 0.4) is 0 Å². The summed E-state index contributed by atoms with van der Waals surface area (Å²) in [5, 5.41) is 1.81. The first-order valence-electron chi connectivity index (χ1n) is 8.18. The number of fused-ring (bicyclic) bond motifs is 1. The summed E-state index contributed by atoms with van der Waals surface area (Å²) in [5.74, 6) is 0.725. The lowest BCUT2D eigenvalue weighted by atomic mass is 9.95. The van der Waals surface area contributed by atoms with Gasteiger partial charge < -0.3 is 0 Å². The van der Waals surface area contributed by atoms with Gasteiger partial charge in [0.2, 0.25) is 0 Å². The molecule has 120 valence electrons. The molecule has 1 aliphatic carbocycles. The smallest absolute Gasteiger partial charge is 0.141 e. The van der Waals surface area contributed by atoms with Crippen molar-refractivity contribution < 1.29 is 4.79 Å². The minimum Gasteiger partial charge on any atom is -0.299 e. The lowest BCUT2D eigenvalue weighted by molar-refractivity contribution is -0.117. The largest absolute Gasteiger partial charge is 0.299 e. The topological polar surface area (TPSA) is 42.9 Å². The summed E-state index contributed by atoms with van der Waals surface area (Å²) in [4.78, 5) is 21.1. The number of halogens is 1. The lowest BCUT2D eigenvalue weighted by Crippen LogP contribution is -2.09. The fourth-order valence-corrected chi connectivity index (χ4v) is 3.40. The van der Waals surface area contributed by atoms with Gasteiger partial charge in [0, 0.05) is 41.8 Å². The number of Topliss-reactive ketones (excluding diaryl/α,β-unsaturated/α-hetero) is 1. The van der Waals surface area contributed by atoms with Crippen LogP contribution in [-0.4, -0.2) is 15.8 Å². The maximum absolute atomic E-state index is 12.5. The van der Waals surface area contributed by atoms with Crippen molar-refractivity contribution in [3.05, 3.63) is 70.6 Å². The van der Waals surface area contributed by atoms with Crippen LogP contribution in [0, 0.1) is 0 Å². The van der Waals surface area contributed by atoms with Crippen molar-refractivity contribution in [3.63, 3.8) is 0 Å². The molecule has 0 N–H and O–H groups in total. The number of nitrogens with zero attached hydrogens (tertiary/aromatic N) is 2. The first-order chi connectivity index (χ1) is 11.7. The predicted molar refractivity (Wildman–Crippen MR) is 95.4 cm³/mol. The quantitative estimate of drug-likeness (QED) is 0.688. The van der Waals surface area contributed by atoms with Crippen LogP contribution in [0.2, 0.25) is 5.02 Å². The number of ketones is 1. The van der Waals surface area contributed by atoms with E-state index in [2.05, 4.69) is 9.97 Å². The van der Waals surface area contributed by atoms with Gasteiger partial charge in [0.1, 0.15) is 5.78 Å². The van der Waals surface area contributed by atoms with Crippen molar-refractivity contribution in [2.45, 2.75) is 31.6 Å². The molecule has 0 amide bonds. The molecule has 24 heavy (non-hydrogen) atoms. The normalized spacial score (nSPS) is 14.0. The highest BCUT2D eigenvalue weighted by molar-refractivity contribution is 6.31. The van der Waals surface area contributed by atoms with Crippen molar-refractivity contribution in [2.75, 3.05) is 0 Å². The maximum atomic E-state index is 12.5. The molecular formula is C20H17ClN2O. The molecule has 1 fully saturated rings. The predicted octanol–water partition coefficient (Wildman–Crippen LogP) is 4.51. The zero-order valence-electron chi connectivity index (χ0n) is 13.2. The Balaban J connectivity index is 1.66. The van der Waals surface area contributed by atoms with E-state index >= 15 is 0 Å². The van der Waals surface area contributed by atoms with E-state index in [1.807, 2.05) is 36.5 Å². The van der Waals surface area contributed by atoms with Gasteiger partial charge in [-0.15, -0.1) is 0 Å². The third-order valence-electron chi connectivity index (χ3n) is 4.45. The molecule has 0 bridgehead atoms. The standard InChI is InChI=1S/C20H17ClN2O/c21-16-5-6-19-18(10-16)20(14-3-4-14)15(12-23-19)9-17(24)8-13-2-1-7-22-11-13/h1-2,5-7,10-12,14H,3-4,8-9H2. The summed E-state index contributed by atoms with van der Waals surface area (Å²) < 4.78 is 0. The van der Waals surface area contributed by atoms with Crippen LogP contribution in [0.4, 0.5) is 0 Å². The number of aromatic nitrogens is 2. The molecule has 1 aromatic carbocycles. The molecule has 0 spiro atoms. The first kappa shape index (κ1) is 15.3. The van der Waals surface area contributed by atoms with E-state index < -0.39 is 0 Å². The van der Waals surface area contributed by atoms with Crippen LogP contribution in [0.15, 0.2) is 48.9 Å².